The van der Waals surface area contributed by atoms with E-state index in [1.165, 1.54) is 35.1 Å². The van der Waals surface area contributed by atoms with Gasteiger partial charge in [-0.3, -0.25) is 6.08 Å². The van der Waals surface area contributed by atoms with Crippen LogP contribution >= 0.6 is 24.8 Å². The van der Waals surface area contributed by atoms with Gasteiger partial charge in [-0.05, 0) is 40.6 Å². The first-order chi connectivity index (χ1) is 23.8. The molecule has 3 heteroatoms. The van der Waals surface area contributed by atoms with Crippen LogP contribution in [0.15, 0.2) is 120 Å². The minimum absolute atomic E-state index is 0. The predicted molar refractivity (Wildman–Crippen MR) is 228 cm³/mol. The van der Waals surface area contributed by atoms with Gasteiger partial charge < -0.3 is 0 Å². The summed E-state index contributed by atoms with van der Waals surface area (Å²) in [6.45, 7) is 24.4. The first kappa shape index (κ1) is 45.6. The molecule has 5 aliphatic carbocycles. The van der Waals surface area contributed by atoms with Gasteiger partial charge in [0.25, 0.3) is 0 Å². The van der Waals surface area contributed by atoms with Crippen LogP contribution in [0.1, 0.15) is 96.9 Å². The molecule has 5 aliphatic rings. The van der Waals surface area contributed by atoms with E-state index < -0.39 is 0 Å². The van der Waals surface area contributed by atoms with Gasteiger partial charge in [-0.25, -0.2) is 18.1 Å². The van der Waals surface area contributed by atoms with E-state index in [2.05, 4.69) is 135 Å². The minimum atomic E-state index is 0. The number of hydrogen-bond acceptors (Lipinski definition) is 0. The maximum atomic E-state index is 3.25. The summed E-state index contributed by atoms with van der Waals surface area (Å²) in [5, 5.41) is 0. The SMILES string of the molecule is C[C-]1C2=C3Cc4ccccc4C3=C3C=CCCC3C2(C)C(C)(C)C(C)(C)C1(C)C.Cc1cc[c-]cc1.Cc1cc[c-]cc1.Cl.Cl.[C-]1=CC=CC1.[CH2]=[Ti]. The van der Waals surface area contributed by atoms with E-state index in [4.69, 9.17) is 0 Å². The number of allylic oxidation sites excluding steroid dienone is 10. The van der Waals surface area contributed by atoms with Crippen molar-refractivity contribution in [2.75, 3.05) is 0 Å². The molecule has 3 aromatic carbocycles. The number of hydrogen-bond donors (Lipinski definition) is 0. The van der Waals surface area contributed by atoms with E-state index in [0.29, 0.717) is 5.92 Å². The van der Waals surface area contributed by atoms with Crippen LogP contribution in [-0.2, 0) is 26.4 Å². The average molecular weight is 768 g/mol. The zero-order chi connectivity index (χ0) is 36.7. The van der Waals surface area contributed by atoms with Crippen molar-refractivity contribution in [3.8, 4) is 0 Å². The van der Waals surface area contributed by atoms with Crippen LogP contribution in [0, 0.1) is 65.6 Å². The van der Waals surface area contributed by atoms with Crippen LogP contribution in [0.4, 0.5) is 0 Å². The second kappa shape index (κ2) is 19.1. The van der Waals surface area contributed by atoms with Gasteiger partial charge in [-0.2, -0.15) is 89.0 Å². The molecule has 2 unspecified atom stereocenters. The fourth-order valence-corrected chi connectivity index (χ4v) is 8.85. The molecular weight excluding hydrogens is 707 g/mol. The first-order valence-electron chi connectivity index (χ1n) is 18.3. The van der Waals surface area contributed by atoms with E-state index in [-0.39, 0.29) is 46.5 Å². The Bertz CT molecular complexity index is 1710. The number of benzene rings is 3. The Morgan fingerprint density at radius 2 is 1.33 bits per heavy atom. The summed E-state index contributed by atoms with van der Waals surface area (Å²) >= 11 is 1.75. The zero-order valence-electron chi connectivity index (χ0n) is 33.2. The topological polar surface area (TPSA) is 0 Å². The molecule has 0 bridgehead atoms. The van der Waals surface area contributed by atoms with Crippen molar-refractivity contribution in [3.63, 3.8) is 0 Å². The van der Waals surface area contributed by atoms with Gasteiger partial charge in [-0.1, -0.05) is 127 Å². The van der Waals surface area contributed by atoms with E-state index in [9.17, 15) is 0 Å². The summed E-state index contributed by atoms with van der Waals surface area (Å²) < 4.78 is 0. The molecule has 0 saturated heterocycles. The maximum absolute atomic E-state index is 3.25. The van der Waals surface area contributed by atoms with Gasteiger partial charge in [0.15, 0.2) is 0 Å². The van der Waals surface area contributed by atoms with Gasteiger partial charge in [-0.15, -0.1) is 38.2 Å². The van der Waals surface area contributed by atoms with Crippen molar-refractivity contribution in [3.05, 3.63) is 166 Å². The van der Waals surface area contributed by atoms with E-state index in [0.717, 1.165) is 12.8 Å². The Labute approximate surface area is 341 Å². The van der Waals surface area contributed by atoms with Crippen LogP contribution in [0.2, 0.25) is 0 Å². The number of rotatable bonds is 0. The van der Waals surface area contributed by atoms with Crippen molar-refractivity contribution >= 4 is 35.2 Å². The fraction of sp³-hybridized carbons (Fsp3) is 0.388. The standard InChI is InChI=1S/C29H37.2C7H7.C5H5.CH2.2ClH.Ti/c1-18-25-22-17-19-13-9-10-14-20(19)24(22)21-15-11-12-16-23(21)29(25,8)28(6,7)27(4,5)26(18,2)3;2*1-7-5-3-2-4-6-7;1-2-4-5-3-1;;;;/h9-11,13-15,23H,12,16-17H2,1-8H3;2*3-6H,1H3;1-3H,4H2;1H2;2*1H;/q4*-1;;;;. The molecule has 0 radical (unpaired) electrons. The molecule has 0 spiro atoms. The Kier molecular flexibility index (Phi) is 16.8. The molecule has 52 heavy (non-hydrogen) atoms. The number of halogens is 2. The summed E-state index contributed by atoms with van der Waals surface area (Å²) in [7, 11) is 0. The Hall–Kier alpha value is -2.61. The van der Waals surface area contributed by atoms with Crippen LogP contribution < -0.4 is 0 Å². The van der Waals surface area contributed by atoms with E-state index >= 15 is 0 Å². The summed E-state index contributed by atoms with van der Waals surface area (Å²) in [4.78, 5) is 3.25. The molecule has 0 amide bonds. The molecule has 0 aliphatic heterocycles. The van der Waals surface area contributed by atoms with Crippen molar-refractivity contribution < 1.29 is 20.0 Å². The molecule has 278 valence electrons. The summed E-state index contributed by atoms with van der Waals surface area (Å²) in [5.74, 6) is 2.24. The summed E-state index contributed by atoms with van der Waals surface area (Å²) in [5.41, 5.74) is 12.9. The Morgan fingerprint density at radius 1 is 0.769 bits per heavy atom. The number of aryl methyl sites for hydroxylation is 2. The molecular formula is C49H60Cl2Ti-4. The third-order valence-corrected chi connectivity index (χ3v) is 13.1. The molecule has 3 aromatic rings. The first-order valence-corrected chi connectivity index (χ1v) is 19.4. The zero-order valence-corrected chi connectivity index (χ0v) is 36.4. The third kappa shape index (κ3) is 8.52. The quantitative estimate of drug-likeness (QED) is 0.158. The second-order valence-corrected chi connectivity index (χ2v) is 15.9. The van der Waals surface area contributed by atoms with Crippen LogP contribution in [0.25, 0.3) is 5.57 Å². The van der Waals surface area contributed by atoms with Gasteiger partial charge in [0.2, 0.25) is 0 Å². The van der Waals surface area contributed by atoms with Crippen LogP contribution in [0.3, 0.4) is 0 Å². The monoisotopic (exact) mass is 766 g/mol. The molecule has 1 fully saturated rings. The summed E-state index contributed by atoms with van der Waals surface area (Å²) in [6.07, 6.45) is 18.5. The van der Waals surface area contributed by atoms with Crippen LogP contribution in [-0.4, -0.2) is 4.82 Å². The second-order valence-electron chi connectivity index (χ2n) is 15.9. The molecule has 1 saturated carbocycles. The number of fused-ring (bicyclic) bond motifs is 6. The Balaban J connectivity index is 0.000000331. The van der Waals surface area contributed by atoms with Gasteiger partial charge in [0.1, 0.15) is 0 Å². The van der Waals surface area contributed by atoms with Crippen molar-refractivity contribution in [1.29, 1.82) is 0 Å². The van der Waals surface area contributed by atoms with Gasteiger partial charge in [0, 0.05) is 0 Å². The van der Waals surface area contributed by atoms with Crippen LogP contribution in [0.5, 0.6) is 0 Å². The molecule has 0 aromatic heterocycles. The van der Waals surface area contributed by atoms with E-state index in [1.807, 2.05) is 60.7 Å². The Morgan fingerprint density at radius 3 is 1.79 bits per heavy atom. The molecule has 2 atom stereocenters. The van der Waals surface area contributed by atoms with Gasteiger partial charge in [0.05, 0.1) is 0 Å². The molecule has 0 N–H and O–H groups in total. The molecule has 0 nitrogen and oxygen atoms in total. The van der Waals surface area contributed by atoms with Crippen molar-refractivity contribution in [2.24, 2.45) is 27.6 Å². The van der Waals surface area contributed by atoms with Crippen molar-refractivity contribution in [1.82, 2.24) is 0 Å². The summed E-state index contributed by atoms with van der Waals surface area (Å²) in [6, 6.07) is 30.8. The predicted octanol–water partition coefficient (Wildman–Crippen LogP) is 13.7. The molecule has 8 rings (SSSR count). The average Bonchev–Trinajstić information content (AvgIpc) is 3.82. The van der Waals surface area contributed by atoms with Crippen molar-refractivity contribution in [2.45, 2.75) is 94.9 Å². The fourth-order valence-electron chi connectivity index (χ4n) is 8.85. The molecule has 0 heterocycles. The normalized spacial score (nSPS) is 22.6. The van der Waals surface area contributed by atoms with Gasteiger partial charge >= 0.3 is 24.8 Å². The third-order valence-electron chi connectivity index (χ3n) is 13.1. The van der Waals surface area contributed by atoms with E-state index in [1.54, 1.807) is 48.2 Å².